The molecule has 0 aliphatic heterocycles. The maximum Gasteiger partial charge on any atom is 0.302 e. The van der Waals surface area contributed by atoms with E-state index in [-0.39, 0.29) is 0 Å². The third kappa shape index (κ3) is 11.7. The van der Waals surface area contributed by atoms with E-state index in [4.69, 9.17) is 0 Å². The minimum Gasteiger partial charge on any atom is -0.148 e. The third-order valence-corrected chi connectivity index (χ3v) is 25.0. The second-order valence-electron chi connectivity index (χ2n) is 8.48. The van der Waals surface area contributed by atoms with Crippen LogP contribution < -0.4 is 0 Å². The molecule has 0 bridgehead atoms. The van der Waals surface area contributed by atoms with Gasteiger partial charge in [0.2, 0.25) is 0 Å². The summed E-state index contributed by atoms with van der Waals surface area (Å²) in [5, 5.41) is 0.746. The Labute approximate surface area is 151 Å². The lowest BCUT2D eigenvalue weighted by atomic mass is 10.3. The molecule has 5 heteroatoms. The molecule has 0 radical (unpaired) electrons. The molecule has 0 fully saturated rings. The minimum absolute atomic E-state index is 0.323. The summed E-state index contributed by atoms with van der Waals surface area (Å²) in [6.07, 6.45) is 1.26. The fourth-order valence-corrected chi connectivity index (χ4v) is 41.4. The lowest BCUT2D eigenvalue weighted by Gasteiger charge is -2.42. The van der Waals surface area contributed by atoms with Crippen molar-refractivity contribution in [3.63, 3.8) is 0 Å². The first-order valence-corrected chi connectivity index (χ1v) is 16.1. The largest absolute Gasteiger partial charge is 0.302 e. The minimum atomic E-state index is -1.62. The quantitative estimate of drug-likeness (QED) is 0.433. The van der Waals surface area contributed by atoms with Gasteiger partial charge in [0.05, 0.1) is 0 Å². The second kappa shape index (κ2) is 8.13. The van der Waals surface area contributed by atoms with Crippen LogP contribution in [0.25, 0.3) is 0 Å². The summed E-state index contributed by atoms with van der Waals surface area (Å²) in [6.45, 7) is 26.1. The first-order valence-electron chi connectivity index (χ1n) is 7.86. The highest BCUT2D eigenvalue weighted by Crippen LogP contribution is 2.61. The summed E-state index contributed by atoms with van der Waals surface area (Å²) >= 11 is 9.12. The summed E-state index contributed by atoms with van der Waals surface area (Å²) in [6, 6.07) is 0. The predicted octanol–water partition coefficient (Wildman–Crippen LogP) is 7.55. The van der Waals surface area contributed by atoms with E-state index in [1.54, 1.807) is 0 Å². The van der Waals surface area contributed by atoms with E-state index < -0.39 is 4.67 Å². The van der Waals surface area contributed by atoms with Crippen molar-refractivity contribution < 1.29 is 0 Å². The van der Waals surface area contributed by atoms with Crippen molar-refractivity contribution in [2.45, 2.75) is 102 Å². The van der Waals surface area contributed by atoms with Crippen LogP contribution in [0.3, 0.4) is 0 Å². The first kappa shape index (κ1) is 22.6. The van der Waals surface area contributed by atoms with E-state index in [2.05, 4.69) is 121 Å². The highest BCUT2D eigenvalue weighted by Gasteiger charge is 2.47. The van der Waals surface area contributed by atoms with Gasteiger partial charge in [0.25, 0.3) is 0 Å². The summed E-state index contributed by atoms with van der Waals surface area (Å²) in [5.41, 5.74) is 0. The van der Waals surface area contributed by atoms with Crippen LogP contribution in [0.4, 0.5) is 0 Å². The van der Waals surface area contributed by atoms with Crippen LogP contribution in [0.5, 0.6) is 0 Å². The average Bonchev–Trinajstić information content (AvgIpc) is 2.07. The molecule has 1 atom stereocenters. The van der Waals surface area contributed by atoms with Gasteiger partial charge >= 0.3 is 4.67 Å². The van der Waals surface area contributed by atoms with Crippen molar-refractivity contribution in [3.05, 3.63) is 0 Å². The van der Waals surface area contributed by atoms with Crippen LogP contribution in [-0.4, -0.2) is 24.2 Å². The van der Waals surface area contributed by atoms with E-state index in [1.165, 1.54) is 6.42 Å². The van der Waals surface area contributed by atoms with Gasteiger partial charge in [-0.25, -0.2) is 0 Å². The second-order valence-corrected chi connectivity index (χ2v) is 29.4. The van der Waals surface area contributed by atoms with Gasteiger partial charge in [-0.2, -0.15) is 0 Å². The third-order valence-electron chi connectivity index (χ3n) is 2.21. The van der Waals surface area contributed by atoms with Gasteiger partial charge in [-0.05, 0) is 11.7 Å². The summed E-state index contributed by atoms with van der Waals surface area (Å²) < 4.78 is -0.651. The molecule has 128 valence electrons. The highest BCUT2D eigenvalue weighted by atomic mass is 32.9. The molecule has 0 N–H and O–H groups in total. The van der Waals surface area contributed by atoms with Gasteiger partial charge in [-0.3, -0.25) is 0 Å². The van der Waals surface area contributed by atoms with Crippen LogP contribution in [0, 0.1) is 0 Å². The van der Waals surface area contributed by atoms with Crippen LogP contribution in [0.2, 0.25) is 0 Å². The molecule has 0 saturated carbocycles. The maximum atomic E-state index is 2.40. The van der Waals surface area contributed by atoms with Crippen molar-refractivity contribution >= 4 is 49.5 Å². The Morgan fingerprint density at radius 3 is 1.19 bits per heavy atom. The van der Waals surface area contributed by atoms with Crippen LogP contribution >= 0.6 is 44.8 Å². The average molecular weight is 385 g/mol. The van der Waals surface area contributed by atoms with Crippen molar-refractivity contribution in [2.75, 3.05) is 0 Å². The van der Waals surface area contributed by atoms with Gasteiger partial charge < -0.3 is 0 Å². The SMILES string of the molecule is CCC(C)S[Si](SC(C)(C)C)(SC(C)(C)C)SC(C)(C)C. The molecule has 0 aromatic carbocycles. The maximum absolute atomic E-state index is 2.40. The topological polar surface area (TPSA) is 0 Å². The molecule has 0 amide bonds. The summed E-state index contributed by atoms with van der Waals surface area (Å²) in [5.74, 6) is 0. The van der Waals surface area contributed by atoms with Gasteiger partial charge in [-0.15, -0.1) is 44.8 Å². The standard InChI is InChI=1S/C16H36S4Si/c1-12-13(2)17-21(18-14(3,4)5,19-15(6,7)8)20-16(9,10)11/h13H,12H2,1-11H3. The highest BCUT2D eigenvalue weighted by molar-refractivity contribution is 9.00. The van der Waals surface area contributed by atoms with E-state index in [0.29, 0.717) is 14.2 Å². The molecule has 0 aliphatic rings. The molecular formula is C16H36S4Si. The summed E-state index contributed by atoms with van der Waals surface area (Å²) in [7, 11) is 0. The molecule has 1 unspecified atom stereocenters. The van der Waals surface area contributed by atoms with E-state index in [0.717, 1.165) is 5.25 Å². The number of hydrogen-bond acceptors (Lipinski definition) is 4. The first-order chi connectivity index (χ1) is 9.08. The fraction of sp³-hybridized carbons (Fsp3) is 1.00. The Morgan fingerprint density at radius 2 is 1.00 bits per heavy atom. The Hall–Kier alpha value is 1.62. The zero-order chi connectivity index (χ0) is 17.1. The van der Waals surface area contributed by atoms with Gasteiger partial charge in [0, 0.05) is 14.2 Å². The van der Waals surface area contributed by atoms with Crippen molar-refractivity contribution in [1.29, 1.82) is 0 Å². The van der Waals surface area contributed by atoms with Crippen molar-refractivity contribution in [2.24, 2.45) is 0 Å². The molecule has 0 spiro atoms. The van der Waals surface area contributed by atoms with Gasteiger partial charge in [-0.1, -0.05) is 76.2 Å². The Bertz CT molecular complexity index is 269. The number of rotatable bonds is 6. The molecule has 0 aliphatic carbocycles. The Morgan fingerprint density at radius 1 is 0.714 bits per heavy atom. The smallest absolute Gasteiger partial charge is 0.148 e. The molecule has 0 saturated heterocycles. The monoisotopic (exact) mass is 384 g/mol. The zero-order valence-corrected chi connectivity index (χ0v) is 20.2. The molecule has 0 aromatic rings. The molecule has 0 rings (SSSR count). The van der Waals surface area contributed by atoms with E-state index in [1.807, 2.05) is 0 Å². The fourth-order valence-electron chi connectivity index (χ4n) is 1.59. The lowest BCUT2D eigenvalue weighted by molar-refractivity contribution is 0.805. The Balaban J connectivity index is 5.57. The van der Waals surface area contributed by atoms with Crippen LogP contribution in [0.1, 0.15) is 82.6 Å². The molecular weight excluding hydrogens is 349 g/mol. The predicted molar refractivity (Wildman–Crippen MR) is 115 cm³/mol. The van der Waals surface area contributed by atoms with Gasteiger partial charge in [0.15, 0.2) is 0 Å². The number of hydrogen-bond donors (Lipinski definition) is 0. The van der Waals surface area contributed by atoms with Crippen LogP contribution in [0.15, 0.2) is 0 Å². The molecule has 0 aromatic heterocycles. The van der Waals surface area contributed by atoms with E-state index >= 15 is 0 Å². The summed E-state index contributed by atoms with van der Waals surface area (Å²) in [4.78, 5) is 0. The van der Waals surface area contributed by atoms with Crippen molar-refractivity contribution in [3.8, 4) is 0 Å². The zero-order valence-electron chi connectivity index (χ0n) is 15.9. The molecule has 21 heavy (non-hydrogen) atoms. The van der Waals surface area contributed by atoms with E-state index in [9.17, 15) is 0 Å². The van der Waals surface area contributed by atoms with Crippen molar-refractivity contribution in [1.82, 2.24) is 0 Å². The lowest BCUT2D eigenvalue weighted by Crippen LogP contribution is -2.36. The van der Waals surface area contributed by atoms with Gasteiger partial charge in [0.1, 0.15) is 0 Å². The molecule has 0 nitrogen and oxygen atoms in total. The van der Waals surface area contributed by atoms with Crippen LogP contribution in [-0.2, 0) is 0 Å². The normalized spacial score (nSPS) is 16.1. The molecule has 0 heterocycles. The Kier molecular flexibility index (Phi) is 8.76.